The lowest BCUT2D eigenvalue weighted by atomic mass is 10.1. The van der Waals surface area contributed by atoms with Crippen molar-refractivity contribution in [3.8, 4) is 5.75 Å². The molecule has 0 spiro atoms. The lowest BCUT2D eigenvalue weighted by molar-refractivity contribution is -0.123. The van der Waals surface area contributed by atoms with Gasteiger partial charge in [-0.25, -0.2) is 14.6 Å². The zero-order valence-corrected chi connectivity index (χ0v) is 19.4. The summed E-state index contributed by atoms with van der Waals surface area (Å²) in [6, 6.07) is 13.8. The summed E-state index contributed by atoms with van der Waals surface area (Å²) in [6.07, 6.45) is 3.66. The van der Waals surface area contributed by atoms with Crippen molar-refractivity contribution in [2.45, 2.75) is 11.7 Å². The average Bonchev–Trinajstić information content (AvgIpc) is 3.25. The highest BCUT2D eigenvalue weighted by atomic mass is 32.2. The van der Waals surface area contributed by atoms with Gasteiger partial charge in [0, 0.05) is 20.2 Å². The van der Waals surface area contributed by atoms with E-state index in [0.29, 0.717) is 37.1 Å². The van der Waals surface area contributed by atoms with Crippen molar-refractivity contribution in [2.75, 3.05) is 45.0 Å². The van der Waals surface area contributed by atoms with Crippen LogP contribution in [0.5, 0.6) is 5.75 Å². The Morgan fingerprint density at radius 3 is 2.79 bits per heavy atom. The summed E-state index contributed by atoms with van der Waals surface area (Å²) < 4.78 is 12.5. The van der Waals surface area contributed by atoms with Crippen molar-refractivity contribution in [3.05, 3.63) is 48.7 Å². The maximum atomic E-state index is 12.3. The van der Waals surface area contributed by atoms with Gasteiger partial charge in [0.05, 0.1) is 24.7 Å². The van der Waals surface area contributed by atoms with Crippen molar-refractivity contribution in [3.63, 3.8) is 0 Å². The van der Waals surface area contributed by atoms with Gasteiger partial charge in [0.1, 0.15) is 11.6 Å². The van der Waals surface area contributed by atoms with Crippen molar-refractivity contribution in [2.24, 2.45) is 0 Å². The van der Waals surface area contributed by atoms with Gasteiger partial charge in [0.25, 0.3) is 5.91 Å². The second-order valence-corrected chi connectivity index (χ2v) is 8.00. The third-order valence-corrected chi connectivity index (χ3v) is 5.54. The molecule has 0 aliphatic carbocycles. The number of carbonyl (C=O) groups excluding carboxylic acids is 1. The molecule has 2 aromatic heterocycles. The van der Waals surface area contributed by atoms with Crippen molar-refractivity contribution >= 4 is 45.3 Å². The van der Waals surface area contributed by atoms with Gasteiger partial charge in [-0.2, -0.15) is 5.10 Å². The van der Waals surface area contributed by atoms with Crippen molar-refractivity contribution in [1.82, 2.24) is 25.1 Å². The molecule has 0 aliphatic heterocycles. The summed E-state index contributed by atoms with van der Waals surface area (Å²) in [7, 11) is 1.66. The predicted octanol–water partition coefficient (Wildman–Crippen LogP) is 2.95. The fraction of sp³-hybridized carbons (Fsp3) is 0.304. The number of hydrogen-bond donors (Lipinski definition) is 2. The van der Waals surface area contributed by atoms with Gasteiger partial charge in [-0.1, -0.05) is 42.1 Å². The first-order valence-electron chi connectivity index (χ1n) is 10.6. The average molecular weight is 467 g/mol. The van der Waals surface area contributed by atoms with E-state index in [1.807, 2.05) is 48.7 Å². The number of fused-ring (bicyclic) bond motifs is 2. The summed E-state index contributed by atoms with van der Waals surface area (Å²) in [6.45, 7) is 2.04. The minimum absolute atomic E-state index is 0.0510. The number of hydrogen-bond acceptors (Lipinski definition) is 8. The van der Waals surface area contributed by atoms with Crippen LogP contribution in [0, 0.1) is 0 Å². The SMILES string of the molecule is COCCNc1nc(SC)nc2c1cnn2CCNC(=O)COc1ccc2ccccc2c1. The fourth-order valence-electron chi connectivity index (χ4n) is 3.35. The first-order valence-corrected chi connectivity index (χ1v) is 11.8. The Morgan fingerprint density at radius 2 is 1.97 bits per heavy atom. The second kappa shape index (κ2) is 11.0. The second-order valence-electron chi connectivity index (χ2n) is 7.23. The lowest BCUT2D eigenvalue weighted by Gasteiger charge is -2.10. The lowest BCUT2D eigenvalue weighted by Crippen LogP contribution is -2.31. The number of aromatic nitrogens is 4. The van der Waals surface area contributed by atoms with Crippen LogP contribution in [-0.2, 0) is 16.1 Å². The number of amides is 1. The molecule has 2 heterocycles. The molecule has 2 aromatic carbocycles. The van der Waals surface area contributed by atoms with Gasteiger partial charge >= 0.3 is 0 Å². The molecule has 0 saturated heterocycles. The van der Waals surface area contributed by atoms with Crippen molar-refractivity contribution in [1.29, 1.82) is 0 Å². The van der Waals surface area contributed by atoms with E-state index in [2.05, 4.69) is 25.7 Å². The molecule has 0 bridgehead atoms. The number of rotatable bonds is 11. The van der Waals surface area contributed by atoms with Gasteiger partial charge < -0.3 is 20.1 Å². The number of nitrogens with one attached hydrogen (secondary N) is 2. The number of thioether (sulfide) groups is 1. The fourth-order valence-corrected chi connectivity index (χ4v) is 3.72. The molecular formula is C23H26N6O3S. The molecule has 4 aromatic rings. The molecule has 0 aliphatic rings. The molecule has 9 nitrogen and oxygen atoms in total. The molecule has 0 fully saturated rings. The van der Waals surface area contributed by atoms with Crippen molar-refractivity contribution < 1.29 is 14.3 Å². The number of nitrogens with zero attached hydrogens (tertiary/aromatic N) is 4. The molecule has 1 amide bonds. The molecule has 172 valence electrons. The molecule has 4 rings (SSSR count). The molecule has 0 unspecified atom stereocenters. The summed E-state index contributed by atoms with van der Waals surface area (Å²) in [4.78, 5) is 21.4. The summed E-state index contributed by atoms with van der Waals surface area (Å²) in [5.41, 5.74) is 0.718. The van der Waals surface area contributed by atoms with Crippen LogP contribution in [0.1, 0.15) is 0 Å². The van der Waals surface area contributed by atoms with Crippen LogP contribution in [-0.4, -0.2) is 65.3 Å². The zero-order valence-electron chi connectivity index (χ0n) is 18.6. The van der Waals surface area contributed by atoms with E-state index < -0.39 is 0 Å². The molecule has 0 radical (unpaired) electrons. The van der Waals surface area contributed by atoms with Crippen LogP contribution in [0.25, 0.3) is 21.8 Å². The van der Waals surface area contributed by atoms with E-state index in [1.165, 1.54) is 11.8 Å². The third-order valence-electron chi connectivity index (χ3n) is 4.99. The van der Waals surface area contributed by atoms with Crippen LogP contribution in [0.15, 0.2) is 53.8 Å². The van der Waals surface area contributed by atoms with E-state index in [9.17, 15) is 4.79 Å². The van der Waals surface area contributed by atoms with Gasteiger partial charge in [0.15, 0.2) is 17.4 Å². The summed E-state index contributed by atoms with van der Waals surface area (Å²) in [5, 5.41) is 14.3. The molecule has 0 saturated carbocycles. The topological polar surface area (TPSA) is 103 Å². The number of carbonyl (C=O) groups is 1. The van der Waals surface area contributed by atoms with Crippen LogP contribution in [0.4, 0.5) is 5.82 Å². The monoisotopic (exact) mass is 466 g/mol. The smallest absolute Gasteiger partial charge is 0.258 e. The molecular weight excluding hydrogens is 440 g/mol. The number of ether oxygens (including phenoxy) is 2. The number of benzene rings is 2. The van der Waals surface area contributed by atoms with Crippen LogP contribution in [0.2, 0.25) is 0 Å². The first kappa shape index (κ1) is 22.8. The third kappa shape index (κ3) is 5.71. The Bertz CT molecular complexity index is 1250. The van der Waals surface area contributed by atoms with Crippen LogP contribution in [0.3, 0.4) is 0 Å². The highest BCUT2D eigenvalue weighted by molar-refractivity contribution is 7.98. The highest BCUT2D eigenvalue weighted by Gasteiger charge is 2.13. The summed E-state index contributed by atoms with van der Waals surface area (Å²) >= 11 is 1.46. The maximum absolute atomic E-state index is 12.3. The van der Waals surface area contributed by atoms with Crippen LogP contribution >= 0.6 is 11.8 Å². The minimum atomic E-state index is -0.194. The van der Waals surface area contributed by atoms with E-state index in [-0.39, 0.29) is 12.5 Å². The predicted molar refractivity (Wildman–Crippen MR) is 130 cm³/mol. The molecule has 10 heteroatoms. The Labute approximate surface area is 195 Å². The number of methoxy groups -OCH3 is 1. The van der Waals surface area contributed by atoms with Gasteiger partial charge in [-0.15, -0.1) is 0 Å². The largest absolute Gasteiger partial charge is 0.484 e. The standard InChI is InChI=1S/C23H26N6O3S/c1-31-12-10-25-21-19-14-26-29(22(19)28-23(27-21)33-2)11-9-24-20(30)15-32-18-8-7-16-5-3-4-6-17(16)13-18/h3-8,13-14H,9-12,15H2,1-2H3,(H,24,30)(H,25,27,28). The highest BCUT2D eigenvalue weighted by Crippen LogP contribution is 2.23. The molecule has 33 heavy (non-hydrogen) atoms. The molecule has 0 atom stereocenters. The minimum Gasteiger partial charge on any atom is -0.484 e. The normalized spacial score (nSPS) is 11.1. The Kier molecular flexibility index (Phi) is 7.59. The maximum Gasteiger partial charge on any atom is 0.258 e. The Morgan fingerprint density at radius 1 is 1.12 bits per heavy atom. The van der Waals surface area contributed by atoms with E-state index >= 15 is 0 Å². The van der Waals surface area contributed by atoms with Gasteiger partial charge in [0.2, 0.25) is 0 Å². The van der Waals surface area contributed by atoms with E-state index in [1.54, 1.807) is 18.0 Å². The van der Waals surface area contributed by atoms with Gasteiger partial charge in [-0.05, 0) is 29.2 Å². The van der Waals surface area contributed by atoms with Gasteiger partial charge in [-0.3, -0.25) is 4.79 Å². The Hall–Kier alpha value is -3.37. The zero-order chi connectivity index (χ0) is 23.0. The Balaban J connectivity index is 1.33. The van der Waals surface area contributed by atoms with E-state index in [0.717, 1.165) is 27.6 Å². The number of anilines is 1. The van der Waals surface area contributed by atoms with E-state index in [4.69, 9.17) is 9.47 Å². The van der Waals surface area contributed by atoms with Crippen LogP contribution < -0.4 is 15.4 Å². The summed E-state index contributed by atoms with van der Waals surface area (Å²) in [5.74, 6) is 1.19. The first-order chi connectivity index (χ1) is 16.2. The quantitative estimate of drug-likeness (QED) is 0.198. The molecule has 2 N–H and O–H groups in total.